The van der Waals surface area contributed by atoms with E-state index in [-0.39, 0.29) is 0 Å². The van der Waals surface area contributed by atoms with Crippen LogP contribution >= 0.6 is 15.9 Å². The number of methoxy groups -OCH3 is 2. The predicted octanol–water partition coefficient (Wildman–Crippen LogP) is 4.35. The van der Waals surface area contributed by atoms with Crippen molar-refractivity contribution in [3.8, 4) is 11.5 Å². The van der Waals surface area contributed by atoms with Gasteiger partial charge in [0.25, 0.3) is 0 Å². The van der Waals surface area contributed by atoms with Crippen LogP contribution in [0.1, 0.15) is 5.56 Å². The average molecular weight is 307 g/mol. The quantitative estimate of drug-likeness (QED) is 0.782. The maximum Gasteiger partial charge on any atom is 0.141 e. The maximum atomic E-state index is 5.56. The van der Waals surface area contributed by atoms with Gasteiger partial charge in [-0.1, -0.05) is 30.3 Å². The van der Waals surface area contributed by atoms with Crippen molar-refractivity contribution < 1.29 is 9.47 Å². The summed E-state index contributed by atoms with van der Waals surface area (Å²) < 4.78 is 12.0. The first-order valence-corrected chi connectivity index (χ1v) is 6.45. The standard InChI is InChI=1S/C15H15BrO2/c1-4-7-12-13(16)15(18-3)11-9-6-5-8-10(11)14(12)17-2/h4-6,8-9H,1,7H2,2-3H3. The van der Waals surface area contributed by atoms with Gasteiger partial charge in [-0.3, -0.25) is 0 Å². The Bertz CT molecular complexity index is 591. The molecule has 0 aromatic heterocycles. The van der Waals surface area contributed by atoms with E-state index in [1.165, 1.54) is 0 Å². The summed E-state index contributed by atoms with van der Waals surface area (Å²) in [4.78, 5) is 0. The average Bonchev–Trinajstić information content (AvgIpc) is 2.40. The number of allylic oxidation sites excluding steroid dienone is 1. The van der Waals surface area contributed by atoms with Gasteiger partial charge in [0, 0.05) is 16.3 Å². The molecule has 2 rings (SSSR count). The molecule has 0 aliphatic heterocycles. The molecule has 0 fully saturated rings. The van der Waals surface area contributed by atoms with Crippen LogP contribution in [0.3, 0.4) is 0 Å². The van der Waals surface area contributed by atoms with Crippen molar-refractivity contribution in [1.82, 2.24) is 0 Å². The number of benzene rings is 2. The van der Waals surface area contributed by atoms with Gasteiger partial charge >= 0.3 is 0 Å². The molecular formula is C15H15BrO2. The molecule has 0 saturated heterocycles. The third-order valence-corrected chi connectivity index (χ3v) is 3.75. The first kappa shape index (κ1) is 13.0. The molecule has 0 aliphatic rings. The highest BCUT2D eigenvalue weighted by Gasteiger charge is 2.17. The van der Waals surface area contributed by atoms with E-state index in [1.807, 2.05) is 30.3 Å². The molecule has 0 bridgehead atoms. The summed E-state index contributed by atoms with van der Waals surface area (Å²) in [6, 6.07) is 8.05. The van der Waals surface area contributed by atoms with E-state index in [4.69, 9.17) is 9.47 Å². The molecule has 2 aromatic rings. The van der Waals surface area contributed by atoms with E-state index in [0.29, 0.717) is 0 Å². The van der Waals surface area contributed by atoms with Gasteiger partial charge in [0.1, 0.15) is 11.5 Å². The molecule has 2 aromatic carbocycles. The van der Waals surface area contributed by atoms with E-state index in [9.17, 15) is 0 Å². The molecule has 18 heavy (non-hydrogen) atoms. The summed E-state index contributed by atoms with van der Waals surface area (Å²) in [7, 11) is 3.37. The molecule has 0 aliphatic carbocycles. The lowest BCUT2D eigenvalue weighted by molar-refractivity contribution is 0.405. The summed E-state index contributed by atoms with van der Waals surface area (Å²) >= 11 is 3.60. The van der Waals surface area contributed by atoms with E-state index in [1.54, 1.807) is 14.2 Å². The first-order valence-electron chi connectivity index (χ1n) is 5.66. The van der Waals surface area contributed by atoms with Gasteiger partial charge in [-0.15, -0.1) is 6.58 Å². The van der Waals surface area contributed by atoms with Crippen LogP contribution in [-0.2, 0) is 6.42 Å². The molecule has 3 heteroatoms. The second-order valence-corrected chi connectivity index (χ2v) is 4.69. The Kier molecular flexibility index (Phi) is 3.92. The Hall–Kier alpha value is -1.48. The topological polar surface area (TPSA) is 18.5 Å². The summed E-state index contributed by atoms with van der Waals surface area (Å²) in [5.74, 6) is 1.71. The van der Waals surface area contributed by atoms with Crippen LogP contribution in [0.4, 0.5) is 0 Å². The molecule has 0 spiro atoms. The highest BCUT2D eigenvalue weighted by molar-refractivity contribution is 9.10. The van der Waals surface area contributed by atoms with E-state index in [2.05, 4.69) is 22.5 Å². The zero-order chi connectivity index (χ0) is 13.1. The van der Waals surface area contributed by atoms with Crippen LogP contribution in [0.25, 0.3) is 10.8 Å². The third kappa shape index (κ3) is 1.99. The Labute approximate surface area is 115 Å². The van der Waals surface area contributed by atoms with Gasteiger partial charge in [-0.25, -0.2) is 0 Å². The minimum absolute atomic E-state index is 0.727. The largest absolute Gasteiger partial charge is 0.496 e. The fraction of sp³-hybridized carbons (Fsp3) is 0.200. The van der Waals surface area contributed by atoms with Gasteiger partial charge in [0.15, 0.2) is 0 Å². The number of hydrogen-bond donors (Lipinski definition) is 0. The summed E-state index contributed by atoms with van der Waals surface area (Å²) in [6.45, 7) is 3.79. The summed E-state index contributed by atoms with van der Waals surface area (Å²) in [5.41, 5.74) is 1.06. The normalized spacial score (nSPS) is 10.4. The molecule has 0 amide bonds. The van der Waals surface area contributed by atoms with E-state index < -0.39 is 0 Å². The minimum atomic E-state index is 0.727. The zero-order valence-corrected chi connectivity index (χ0v) is 12.1. The van der Waals surface area contributed by atoms with Crippen LogP contribution < -0.4 is 9.47 Å². The second-order valence-electron chi connectivity index (χ2n) is 3.90. The fourth-order valence-corrected chi connectivity index (χ4v) is 2.87. The molecule has 0 radical (unpaired) electrons. The number of ether oxygens (including phenoxy) is 2. The molecule has 0 atom stereocenters. The first-order chi connectivity index (χ1) is 8.74. The Morgan fingerprint density at radius 3 is 2.17 bits per heavy atom. The summed E-state index contributed by atoms with van der Waals surface area (Å²) in [6.07, 6.45) is 2.59. The monoisotopic (exact) mass is 306 g/mol. The van der Waals surface area contributed by atoms with Crippen molar-refractivity contribution in [2.75, 3.05) is 14.2 Å². The lowest BCUT2D eigenvalue weighted by atomic mass is 10.0. The highest BCUT2D eigenvalue weighted by Crippen LogP contribution is 2.43. The van der Waals surface area contributed by atoms with Crippen molar-refractivity contribution >= 4 is 26.7 Å². The van der Waals surface area contributed by atoms with Gasteiger partial charge in [-0.2, -0.15) is 0 Å². The molecular weight excluding hydrogens is 292 g/mol. The van der Waals surface area contributed by atoms with E-state index >= 15 is 0 Å². The van der Waals surface area contributed by atoms with Gasteiger partial charge in [-0.05, 0) is 22.4 Å². The number of rotatable bonds is 4. The Morgan fingerprint density at radius 1 is 1.11 bits per heavy atom. The van der Waals surface area contributed by atoms with Crippen LogP contribution in [0.2, 0.25) is 0 Å². The number of halogens is 1. The van der Waals surface area contributed by atoms with Crippen molar-refractivity contribution in [3.63, 3.8) is 0 Å². The molecule has 0 saturated carbocycles. The third-order valence-electron chi connectivity index (χ3n) is 2.91. The van der Waals surface area contributed by atoms with Crippen LogP contribution in [-0.4, -0.2) is 14.2 Å². The number of fused-ring (bicyclic) bond motifs is 1. The SMILES string of the molecule is C=CCc1c(Br)c(OC)c2ccccc2c1OC. The molecule has 2 nitrogen and oxygen atoms in total. The second kappa shape index (κ2) is 5.44. The molecule has 0 heterocycles. The van der Waals surface area contributed by atoms with Crippen molar-refractivity contribution in [3.05, 3.63) is 47.0 Å². The van der Waals surface area contributed by atoms with Gasteiger partial charge < -0.3 is 9.47 Å². The Balaban J connectivity index is 2.90. The maximum absolute atomic E-state index is 5.56. The van der Waals surface area contributed by atoms with Crippen LogP contribution in [0.5, 0.6) is 11.5 Å². The lowest BCUT2D eigenvalue weighted by Crippen LogP contribution is -1.97. The zero-order valence-electron chi connectivity index (χ0n) is 10.5. The molecule has 0 unspecified atom stereocenters. The van der Waals surface area contributed by atoms with Crippen molar-refractivity contribution in [2.45, 2.75) is 6.42 Å². The van der Waals surface area contributed by atoms with Gasteiger partial charge in [0.2, 0.25) is 0 Å². The number of hydrogen-bond acceptors (Lipinski definition) is 2. The van der Waals surface area contributed by atoms with Crippen molar-refractivity contribution in [1.29, 1.82) is 0 Å². The Morgan fingerprint density at radius 2 is 1.67 bits per heavy atom. The van der Waals surface area contributed by atoms with Crippen LogP contribution in [0, 0.1) is 0 Å². The lowest BCUT2D eigenvalue weighted by Gasteiger charge is -2.16. The van der Waals surface area contributed by atoms with Crippen LogP contribution in [0.15, 0.2) is 41.4 Å². The van der Waals surface area contributed by atoms with E-state index in [0.717, 1.165) is 38.7 Å². The predicted molar refractivity (Wildman–Crippen MR) is 78.7 cm³/mol. The molecule has 0 N–H and O–H groups in total. The van der Waals surface area contributed by atoms with Crippen molar-refractivity contribution in [2.24, 2.45) is 0 Å². The highest BCUT2D eigenvalue weighted by atomic mass is 79.9. The summed E-state index contributed by atoms with van der Waals surface area (Å²) in [5, 5.41) is 2.09. The smallest absolute Gasteiger partial charge is 0.141 e. The van der Waals surface area contributed by atoms with Gasteiger partial charge in [0.05, 0.1) is 18.7 Å². The minimum Gasteiger partial charge on any atom is -0.496 e. The molecule has 94 valence electrons. The fourth-order valence-electron chi connectivity index (χ4n) is 2.16.